The molecular formula is C38H64O15. The van der Waals surface area contributed by atoms with Crippen LogP contribution in [0.2, 0.25) is 0 Å². The lowest BCUT2D eigenvalue weighted by atomic mass is 9.43. The van der Waals surface area contributed by atoms with Gasteiger partial charge in [0.15, 0.2) is 12.6 Å². The van der Waals surface area contributed by atoms with E-state index in [0.29, 0.717) is 31.3 Å². The largest absolute Gasteiger partial charge is 0.390 e. The summed E-state index contributed by atoms with van der Waals surface area (Å²) in [6, 6.07) is 0. The van der Waals surface area contributed by atoms with E-state index in [2.05, 4.69) is 0 Å². The summed E-state index contributed by atoms with van der Waals surface area (Å²) < 4.78 is 28.2. The number of aliphatic hydroxyl groups is 10. The van der Waals surface area contributed by atoms with Gasteiger partial charge in [0.1, 0.15) is 54.4 Å². The van der Waals surface area contributed by atoms with E-state index in [1.807, 2.05) is 27.7 Å². The molecule has 15 nitrogen and oxygen atoms in total. The van der Waals surface area contributed by atoms with Crippen molar-refractivity contribution in [2.75, 3.05) is 26.9 Å². The average molecular weight is 761 g/mol. The van der Waals surface area contributed by atoms with Crippen LogP contribution in [0.5, 0.6) is 0 Å². The summed E-state index contributed by atoms with van der Waals surface area (Å²) in [6.45, 7) is 8.03. The molecule has 6 aliphatic rings. The normalized spacial score (nSPS) is 52.5. The van der Waals surface area contributed by atoms with Gasteiger partial charge < -0.3 is 74.7 Å². The van der Waals surface area contributed by atoms with Crippen LogP contribution in [0, 0.1) is 40.4 Å². The fourth-order valence-electron chi connectivity index (χ4n) is 11.6. The molecule has 15 heteroatoms. The van der Waals surface area contributed by atoms with Crippen molar-refractivity contribution >= 4 is 0 Å². The van der Waals surface area contributed by atoms with Gasteiger partial charge >= 0.3 is 0 Å². The lowest BCUT2D eigenvalue weighted by Gasteiger charge is -2.65. The third-order valence-corrected chi connectivity index (χ3v) is 14.4. The molecule has 0 aromatic heterocycles. The Bertz CT molecular complexity index is 1290. The summed E-state index contributed by atoms with van der Waals surface area (Å²) >= 11 is 0. The summed E-state index contributed by atoms with van der Waals surface area (Å²) in [5.41, 5.74) is -2.84. The molecule has 4 aliphatic carbocycles. The second-order valence-corrected chi connectivity index (χ2v) is 17.7. The van der Waals surface area contributed by atoms with Crippen molar-refractivity contribution in [3.8, 4) is 0 Å². The number of hydrogen-bond donors (Lipinski definition) is 10. The SMILES string of the molecule is CO[C@H]1[C@H](O[C@@H]2C=C3[C@H](O)[C@@H](O)[C@@]4(O)[C@@H]5[C@@H](O)[C@H](O)[C@H]([C@H](C)CCC[C@H](C)CO[C@@H]6OC[C@@H](O)[C@H](O)[C@H]6O)[C@@]5(C)CC[C@@H]4[C@@]3(C)CC2)OC[C@@H](O)[C@@H]1O. The fourth-order valence-corrected chi connectivity index (χ4v) is 11.6. The van der Waals surface area contributed by atoms with Gasteiger partial charge in [-0.2, -0.15) is 0 Å². The molecule has 2 aliphatic heterocycles. The van der Waals surface area contributed by atoms with Gasteiger partial charge in [0.05, 0.1) is 38.1 Å². The summed E-state index contributed by atoms with van der Waals surface area (Å²) in [7, 11) is 1.39. The van der Waals surface area contributed by atoms with E-state index in [9.17, 15) is 51.1 Å². The van der Waals surface area contributed by atoms with Crippen molar-refractivity contribution in [2.24, 2.45) is 40.4 Å². The number of methoxy groups -OCH3 is 1. The molecule has 0 radical (unpaired) electrons. The molecule has 0 spiro atoms. The van der Waals surface area contributed by atoms with E-state index in [-0.39, 0.29) is 37.6 Å². The molecule has 5 fully saturated rings. The predicted molar refractivity (Wildman–Crippen MR) is 186 cm³/mol. The van der Waals surface area contributed by atoms with Crippen LogP contribution in [0.1, 0.15) is 72.6 Å². The van der Waals surface area contributed by atoms with Crippen LogP contribution in [-0.2, 0) is 23.7 Å². The highest BCUT2D eigenvalue weighted by molar-refractivity contribution is 5.35. The third-order valence-electron chi connectivity index (χ3n) is 14.4. The maximum atomic E-state index is 12.8. The van der Waals surface area contributed by atoms with Crippen molar-refractivity contribution in [1.82, 2.24) is 0 Å². The van der Waals surface area contributed by atoms with E-state index in [4.69, 9.17) is 23.7 Å². The first-order valence-corrected chi connectivity index (χ1v) is 19.5. The van der Waals surface area contributed by atoms with Crippen LogP contribution in [0.25, 0.3) is 0 Å². The Morgan fingerprint density at radius 1 is 0.811 bits per heavy atom. The predicted octanol–water partition coefficient (Wildman–Crippen LogP) is -1.06. The van der Waals surface area contributed by atoms with Crippen LogP contribution >= 0.6 is 0 Å². The molecule has 2 saturated heterocycles. The maximum Gasteiger partial charge on any atom is 0.187 e. The first kappa shape index (κ1) is 41.8. The fraction of sp³-hybridized carbons (Fsp3) is 0.947. The second-order valence-electron chi connectivity index (χ2n) is 17.7. The number of hydrogen-bond acceptors (Lipinski definition) is 15. The average Bonchev–Trinajstić information content (AvgIpc) is 3.32. The Hall–Kier alpha value is -0.860. The molecule has 306 valence electrons. The van der Waals surface area contributed by atoms with Gasteiger partial charge in [0, 0.05) is 13.0 Å². The zero-order chi connectivity index (χ0) is 38.8. The number of fused-ring (bicyclic) bond motifs is 5. The Balaban J connectivity index is 1.12. The van der Waals surface area contributed by atoms with Gasteiger partial charge in [-0.05, 0) is 72.2 Å². The topological polar surface area (TPSA) is 248 Å². The maximum absolute atomic E-state index is 12.8. The number of ether oxygens (including phenoxy) is 5. The van der Waals surface area contributed by atoms with Gasteiger partial charge in [-0.15, -0.1) is 0 Å². The highest BCUT2D eigenvalue weighted by Gasteiger charge is 2.74. The second kappa shape index (κ2) is 15.8. The molecule has 0 aromatic rings. The van der Waals surface area contributed by atoms with Crippen molar-refractivity contribution in [1.29, 1.82) is 0 Å². The first-order valence-electron chi connectivity index (χ1n) is 19.5. The van der Waals surface area contributed by atoms with Crippen LogP contribution in [-0.4, -0.2) is 163 Å². The molecule has 6 rings (SSSR count). The zero-order valence-electron chi connectivity index (χ0n) is 31.6. The Morgan fingerprint density at radius 3 is 2.15 bits per heavy atom. The van der Waals surface area contributed by atoms with E-state index in [0.717, 1.165) is 19.3 Å². The highest BCUT2D eigenvalue weighted by atomic mass is 16.7. The molecule has 0 amide bonds. The molecular weight excluding hydrogens is 696 g/mol. The number of rotatable bonds is 11. The first-order chi connectivity index (χ1) is 24.9. The third kappa shape index (κ3) is 7.07. The number of aliphatic hydroxyl groups excluding tert-OH is 9. The minimum Gasteiger partial charge on any atom is -0.390 e. The lowest BCUT2D eigenvalue weighted by Crippen LogP contribution is -2.73. The van der Waals surface area contributed by atoms with E-state index < -0.39 is 108 Å². The van der Waals surface area contributed by atoms with Crippen LogP contribution in [0.3, 0.4) is 0 Å². The minimum absolute atomic E-state index is 0.0510. The monoisotopic (exact) mass is 760 g/mol. The zero-order valence-corrected chi connectivity index (χ0v) is 31.6. The Kier molecular flexibility index (Phi) is 12.5. The molecule has 0 unspecified atom stereocenters. The summed E-state index contributed by atoms with van der Waals surface area (Å²) in [5.74, 6) is -1.78. The molecule has 53 heavy (non-hydrogen) atoms. The standard InChI is InChI=1S/C38H64O15/c1-17(14-50-34-30(46)26(42)21(39)15-51-34)7-6-8-18(2)24-28(44)29(45)32-37(24,4)12-10-23-36(3)11-9-19(13-20(36)25(41)33(47)38(23,32)48)53-35-31(49-5)27(43)22(40)16-52-35/h13,17-19,21-35,39-48H,6-12,14-16H2,1-5H3/t17-,18+,19-,21+,22+,23+,24-,25-,26-,27-,28+,29-,30+,31+,32+,33+,34+,35-,36-,37+,38-/m0/s1. The van der Waals surface area contributed by atoms with E-state index in [1.54, 1.807) is 6.08 Å². The van der Waals surface area contributed by atoms with Crippen molar-refractivity contribution in [3.05, 3.63) is 11.6 Å². The molecule has 0 aromatic carbocycles. The summed E-state index contributed by atoms with van der Waals surface area (Å²) in [5, 5.41) is 110. The van der Waals surface area contributed by atoms with Crippen molar-refractivity contribution < 1.29 is 74.7 Å². The Morgan fingerprint density at radius 2 is 1.47 bits per heavy atom. The highest BCUT2D eigenvalue weighted by Crippen LogP contribution is 2.69. The van der Waals surface area contributed by atoms with Gasteiger partial charge in [0.2, 0.25) is 0 Å². The van der Waals surface area contributed by atoms with Gasteiger partial charge in [-0.1, -0.05) is 46.6 Å². The van der Waals surface area contributed by atoms with Crippen LogP contribution < -0.4 is 0 Å². The Labute approximate surface area is 311 Å². The quantitative estimate of drug-likeness (QED) is 0.113. The van der Waals surface area contributed by atoms with Crippen LogP contribution in [0.4, 0.5) is 0 Å². The molecule has 2 heterocycles. The van der Waals surface area contributed by atoms with Crippen LogP contribution in [0.15, 0.2) is 11.6 Å². The van der Waals surface area contributed by atoms with Crippen molar-refractivity contribution in [2.45, 2.75) is 158 Å². The summed E-state index contributed by atoms with van der Waals surface area (Å²) in [4.78, 5) is 0. The lowest BCUT2D eigenvalue weighted by molar-refractivity contribution is -0.289. The van der Waals surface area contributed by atoms with E-state index >= 15 is 0 Å². The molecule has 10 N–H and O–H groups in total. The van der Waals surface area contributed by atoms with E-state index in [1.165, 1.54) is 7.11 Å². The summed E-state index contributed by atoms with van der Waals surface area (Å²) in [6.07, 6.45) is -9.13. The minimum atomic E-state index is -1.89. The smallest absolute Gasteiger partial charge is 0.187 e. The van der Waals surface area contributed by atoms with Crippen molar-refractivity contribution in [3.63, 3.8) is 0 Å². The van der Waals surface area contributed by atoms with Gasteiger partial charge in [-0.25, -0.2) is 0 Å². The molecule has 3 saturated carbocycles. The van der Waals surface area contributed by atoms with Gasteiger partial charge in [-0.3, -0.25) is 0 Å². The molecule has 0 bridgehead atoms. The molecule has 21 atom stereocenters. The van der Waals surface area contributed by atoms with Gasteiger partial charge in [0.25, 0.3) is 0 Å².